The number of ether oxygens (including phenoxy) is 1. The minimum absolute atomic E-state index is 0.195. The summed E-state index contributed by atoms with van der Waals surface area (Å²) in [6.07, 6.45) is 4.08. The van der Waals surface area contributed by atoms with Crippen LogP contribution in [-0.4, -0.2) is 38.4 Å². The maximum Gasteiger partial charge on any atom is 0.256 e. The molecule has 32 heavy (non-hydrogen) atoms. The van der Waals surface area contributed by atoms with Crippen LogP contribution in [0.5, 0.6) is 5.75 Å². The van der Waals surface area contributed by atoms with Gasteiger partial charge in [-0.05, 0) is 56.5 Å². The lowest BCUT2D eigenvalue weighted by atomic mass is 9.89. The Morgan fingerprint density at radius 3 is 2.53 bits per heavy atom. The molecule has 0 bridgehead atoms. The van der Waals surface area contributed by atoms with E-state index in [0.29, 0.717) is 29.8 Å². The van der Waals surface area contributed by atoms with Gasteiger partial charge in [0, 0.05) is 18.2 Å². The number of amides is 1. The number of hydrogen-bond acceptors (Lipinski definition) is 7. The Balaban J connectivity index is 1.45. The van der Waals surface area contributed by atoms with E-state index in [1.807, 2.05) is 12.1 Å². The number of aromatic hydroxyl groups is 1. The first-order chi connectivity index (χ1) is 15.4. The molecule has 6 N–H and O–H groups in total. The second-order valence-corrected chi connectivity index (χ2v) is 8.23. The van der Waals surface area contributed by atoms with E-state index in [9.17, 15) is 9.90 Å². The van der Waals surface area contributed by atoms with Crippen LogP contribution in [0, 0.1) is 0 Å². The summed E-state index contributed by atoms with van der Waals surface area (Å²) in [6, 6.07) is 10.7. The predicted octanol–water partition coefficient (Wildman–Crippen LogP) is 3.64. The molecule has 4 rings (SSSR count). The molecule has 3 atom stereocenters. The summed E-state index contributed by atoms with van der Waals surface area (Å²) < 4.78 is 5.82. The van der Waals surface area contributed by atoms with Crippen LogP contribution >= 0.6 is 0 Å². The van der Waals surface area contributed by atoms with Crippen molar-refractivity contribution in [2.45, 2.75) is 51.4 Å². The number of primary amides is 1. The number of pyridine rings is 1. The predicted molar refractivity (Wildman–Crippen MR) is 122 cm³/mol. The molecule has 0 aliphatic carbocycles. The van der Waals surface area contributed by atoms with Crippen molar-refractivity contribution in [3.63, 3.8) is 0 Å². The smallest absolute Gasteiger partial charge is 0.256 e. The first-order valence-corrected chi connectivity index (χ1v) is 10.7. The van der Waals surface area contributed by atoms with Crippen LogP contribution in [0.1, 0.15) is 54.2 Å². The van der Waals surface area contributed by atoms with Gasteiger partial charge in [0.15, 0.2) is 5.82 Å². The number of phenols is 1. The van der Waals surface area contributed by atoms with Gasteiger partial charge in [-0.15, -0.1) is 0 Å². The Labute approximate surface area is 186 Å². The largest absolute Gasteiger partial charge is 0.508 e. The van der Waals surface area contributed by atoms with Gasteiger partial charge in [-0.2, -0.15) is 5.10 Å². The van der Waals surface area contributed by atoms with Crippen LogP contribution in [0.25, 0.3) is 0 Å². The molecule has 1 aliphatic rings. The fourth-order valence-electron chi connectivity index (χ4n) is 4.11. The van der Waals surface area contributed by atoms with E-state index in [0.717, 1.165) is 24.1 Å². The first-order valence-electron chi connectivity index (χ1n) is 10.7. The molecule has 1 unspecified atom stereocenters. The molecule has 9 nitrogen and oxygen atoms in total. The Morgan fingerprint density at radius 2 is 1.91 bits per heavy atom. The average Bonchev–Trinajstić information content (AvgIpc) is 3.16. The minimum Gasteiger partial charge on any atom is -0.508 e. The number of nitrogens with zero attached hydrogens (tertiary/aromatic N) is 2. The van der Waals surface area contributed by atoms with Crippen LogP contribution in [0.15, 0.2) is 42.6 Å². The molecule has 168 valence electrons. The van der Waals surface area contributed by atoms with Crippen molar-refractivity contribution in [1.82, 2.24) is 15.2 Å². The van der Waals surface area contributed by atoms with Crippen molar-refractivity contribution in [1.29, 1.82) is 0 Å². The van der Waals surface area contributed by atoms with Crippen LogP contribution in [0.4, 0.5) is 17.3 Å². The molecule has 0 spiro atoms. The molecular formula is C23H28N6O3. The van der Waals surface area contributed by atoms with Crippen molar-refractivity contribution in [2.75, 3.05) is 10.6 Å². The molecule has 1 aromatic carbocycles. The van der Waals surface area contributed by atoms with E-state index >= 15 is 0 Å². The first kappa shape index (κ1) is 21.6. The van der Waals surface area contributed by atoms with Crippen LogP contribution in [-0.2, 0) is 11.3 Å². The summed E-state index contributed by atoms with van der Waals surface area (Å²) in [4.78, 5) is 16.7. The van der Waals surface area contributed by atoms with E-state index in [1.165, 1.54) is 0 Å². The van der Waals surface area contributed by atoms with Crippen molar-refractivity contribution in [3.8, 4) is 5.75 Å². The fraction of sp³-hybridized carbons (Fsp3) is 0.348. The Kier molecular flexibility index (Phi) is 6.27. The molecule has 9 heteroatoms. The maximum absolute atomic E-state index is 12.1. The van der Waals surface area contributed by atoms with Crippen molar-refractivity contribution < 1.29 is 14.6 Å². The zero-order valence-corrected chi connectivity index (χ0v) is 18.1. The number of aromatic nitrogens is 3. The maximum atomic E-state index is 12.1. The molecule has 3 heterocycles. The van der Waals surface area contributed by atoms with Gasteiger partial charge in [0.25, 0.3) is 5.91 Å². The molecular weight excluding hydrogens is 408 g/mol. The number of carbonyl (C=O) groups excluding carboxylic acids is 1. The topological polar surface area (TPSA) is 138 Å². The summed E-state index contributed by atoms with van der Waals surface area (Å²) in [5, 5.41) is 22.7. The average molecular weight is 437 g/mol. The third-order valence-electron chi connectivity index (χ3n) is 5.58. The third-order valence-corrected chi connectivity index (χ3v) is 5.58. The molecule has 0 radical (unpaired) electrons. The summed E-state index contributed by atoms with van der Waals surface area (Å²) in [6.45, 7) is 4.62. The molecule has 1 saturated heterocycles. The van der Waals surface area contributed by atoms with E-state index in [1.54, 1.807) is 30.5 Å². The molecule has 3 aromatic rings. The highest BCUT2D eigenvalue weighted by Gasteiger charge is 2.26. The van der Waals surface area contributed by atoms with Crippen molar-refractivity contribution >= 4 is 23.2 Å². The second-order valence-electron chi connectivity index (χ2n) is 8.23. The van der Waals surface area contributed by atoms with E-state index in [-0.39, 0.29) is 23.5 Å². The summed E-state index contributed by atoms with van der Waals surface area (Å²) >= 11 is 0. The van der Waals surface area contributed by atoms with Gasteiger partial charge in [0.2, 0.25) is 0 Å². The van der Waals surface area contributed by atoms with Crippen LogP contribution in [0.3, 0.4) is 0 Å². The van der Waals surface area contributed by atoms with E-state index < -0.39 is 5.91 Å². The molecule has 1 fully saturated rings. The summed E-state index contributed by atoms with van der Waals surface area (Å²) in [5.74, 6) is 0.700. The summed E-state index contributed by atoms with van der Waals surface area (Å²) in [7, 11) is 0. The highest BCUT2D eigenvalue weighted by molar-refractivity contribution is 6.03. The number of anilines is 3. The van der Waals surface area contributed by atoms with Gasteiger partial charge in [0.05, 0.1) is 24.1 Å². The lowest BCUT2D eigenvalue weighted by Crippen LogP contribution is -2.28. The van der Waals surface area contributed by atoms with Crippen LogP contribution < -0.4 is 16.4 Å². The number of nitrogens with one attached hydrogen (secondary N) is 3. The zero-order valence-electron chi connectivity index (χ0n) is 18.1. The van der Waals surface area contributed by atoms with Gasteiger partial charge in [-0.25, -0.2) is 0 Å². The van der Waals surface area contributed by atoms with Gasteiger partial charge in [-0.3, -0.25) is 14.9 Å². The number of benzene rings is 1. The highest BCUT2D eigenvalue weighted by atomic mass is 16.5. The third kappa shape index (κ3) is 5.00. The monoisotopic (exact) mass is 436 g/mol. The van der Waals surface area contributed by atoms with Gasteiger partial charge >= 0.3 is 0 Å². The van der Waals surface area contributed by atoms with Gasteiger partial charge in [0.1, 0.15) is 17.1 Å². The van der Waals surface area contributed by atoms with Crippen molar-refractivity contribution in [2.24, 2.45) is 5.73 Å². The number of carbonyl (C=O) groups is 1. The standard InChI is InChI=1S/C23H28N6O3/c1-13-9-16(10-14(2)32-13)19-8-5-17(12-25-19)27-23-20(21(24)31)22(28-29-23)26-11-15-3-6-18(30)7-4-15/h3-8,12-14,16,30H,9-11H2,1-2H3,(H2,24,31)(H3,26,27,28,29)/t13-,14+,16?. The molecule has 2 aromatic heterocycles. The Morgan fingerprint density at radius 1 is 1.19 bits per heavy atom. The second kappa shape index (κ2) is 9.27. The van der Waals surface area contributed by atoms with Crippen molar-refractivity contribution in [3.05, 3.63) is 59.4 Å². The number of hydrogen-bond donors (Lipinski definition) is 5. The van der Waals surface area contributed by atoms with Gasteiger partial charge < -0.3 is 26.2 Å². The zero-order chi connectivity index (χ0) is 22.7. The lowest BCUT2D eigenvalue weighted by Gasteiger charge is -2.31. The molecule has 0 saturated carbocycles. The van der Waals surface area contributed by atoms with Crippen LogP contribution in [0.2, 0.25) is 0 Å². The lowest BCUT2D eigenvalue weighted by molar-refractivity contribution is -0.0385. The summed E-state index contributed by atoms with van der Waals surface area (Å²) in [5.41, 5.74) is 8.52. The molecule has 1 amide bonds. The quantitative estimate of drug-likeness (QED) is 0.381. The number of phenolic OH excluding ortho intramolecular Hbond substituents is 1. The SMILES string of the molecule is C[C@@H]1CC(c2ccc(Nc3n[nH]c(NCc4ccc(O)cc4)c3C(N)=O)cn2)C[C@H](C)O1. The number of rotatable bonds is 7. The Bertz CT molecular complexity index is 1050. The fourth-order valence-corrected chi connectivity index (χ4v) is 4.11. The van der Waals surface area contributed by atoms with E-state index in [2.05, 4.69) is 39.7 Å². The normalized spacial score (nSPS) is 20.6. The number of aromatic amines is 1. The Hall–Kier alpha value is -3.59. The van der Waals surface area contributed by atoms with Gasteiger partial charge in [-0.1, -0.05) is 12.1 Å². The molecule has 1 aliphatic heterocycles. The van der Waals surface area contributed by atoms with E-state index in [4.69, 9.17) is 10.5 Å². The minimum atomic E-state index is -0.607. The number of nitrogens with two attached hydrogens (primary N) is 1. The number of H-pyrrole nitrogens is 1. The highest BCUT2D eigenvalue weighted by Crippen LogP contribution is 2.33.